The summed E-state index contributed by atoms with van der Waals surface area (Å²) in [6.07, 6.45) is 4.82. The van der Waals surface area contributed by atoms with E-state index in [1.54, 1.807) is 0 Å². The highest BCUT2D eigenvalue weighted by atomic mass is 32.2. The summed E-state index contributed by atoms with van der Waals surface area (Å²) in [6.45, 7) is 7.91. The number of hydrogen-bond acceptors (Lipinski definition) is 3. The van der Waals surface area contributed by atoms with Gasteiger partial charge in [-0.15, -0.1) is 0 Å². The highest BCUT2D eigenvalue weighted by molar-refractivity contribution is 7.98. The molecule has 0 aliphatic carbocycles. The summed E-state index contributed by atoms with van der Waals surface area (Å²) in [7, 11) is 2.18. The average molecular weight is 218 g/mol. The van der Waals surface area contributed by atoms with Crippen LogP contribution < -0.4 is 5.32 Å². The van der Waals surface area contributed by atoms with Crippen molar-refractivity contribution in [3.63, 3.8) is 0 Å². The fraction of sp³-hybridized carbons (Fsp3) is 1.00. The molecule has 2 nitrogen and oxygen atoms in total. The van der Waals surface area contributed by atoms with Crippen LogP contribution in [0.15, 0.2) is 0 Å². The van der Waals surface area contributed by atoms with Crippen molar-refractivity contribution in [3.8, 4) is 0 Å². The summed E-state index contributed by atoms with van der Waals surface area (Å²) in [5.41, 5.74) is 0. The van der Waals surface area contributed by atoms with Gasteiger partial charge in [0, 0.05) is 19.1 Å². The molecule has 0 unspecified atom stereocenters. The van der Waals surface area contributed by atoms with Crippen molar-refractivity contribution in [2.75, 3.05) is 38.7 Å². The molecule has 0 saturated heterocycles. The minimum atomic E-state index is 0.660. The van der Waals surface area contributed by atoms with Gasteiger partial charge in [0.1, 0.15) is 0 Å². The molecular formula is C11H26N2S. The molecule has 0 bridgehead atoms. The third-order valence-corrected chi connectivity index (χ3v) is 3.17. The van der Waals surface area contributed by atoms with E-state index < -0.39 is 0 Å². The first-order valence-corrected chi connectivity index (χ1v) is 6.97. The Kier molecular flexibility index (Phi) is 10.0. The molecule has 0 saturated carbocycles. The van der Waals surface area contributed by atoms with E-state index in [0.717, 1.165) is 13.1 Å². The van der Waals surface area contributed by atoms with E-state index in [1.807, 2.05) is 11.8 Å². The summed E-state index contributed by atoms with van der Waals surface area (Å²) >= 11 is 1.94. The van der Waals surface area contributed by atoms with Crippen molar-refractivity contribution in [1.82, 2.24) is 10.2 Å². The predicted molar refractivity (Wildman–Crippen MR) is 68.3 cm³/mol. The summed E-state index contributed by atoms with van der Waals surface area (Å²) in [5, 5.41) is 3.48. The fourth-order valence-electron chi connectivity index (χ4n) is 1.14. The van der Waals surface area contributed by atoms with Gasteiger partial charge in [-0.1, -0.05) is 0 Å². The van der Waals surface area contributed by atoms with Crippen LogP contribution in [0, 0.1) is 0 Å². The van der Waals surface area contributed by atoms with Gasteiger partial charge < -0.3 is 10.2 Å². The van der Waals surface area contributed by atoms with Gasteiger partial charge in [-0.25, -0.2) is 0 Å². The van der Waals surface area contributed by atoms with Crippen LogP contribution in [0.4, 0.5) is 0 Å². The molecule has 0 aromatic heterocycles. The Balaban J connectivity index is 3.06. The number of rotatable bonds is 9. The smallest absolute Gasteiger partial charge is 0.0106 e. The molecular weight excluding hydrogens is 192 g/mol. The summed E-state index contributed by atoms with van der Waals surface area (Å²) < 4.78 is 0. The van der Waals surface area contributed by atoms with E-state index in [-0.39, 0.29) is 0 Å². The quantitative estimate of drug-likeness (QED) is 0.596. The molecule has 0 atom stereocenters. The van der Waals surface area contributed by atoms with E-state index >= 15 is 0 Å². The Labute approximate surface area is 93.8 Å². The Hall–Kier alpha value is 0.270. The first-order chi connectivity index (χ1) is 6.68. The van der Waals surface area contributed by atoms with Gasteiger partial charge in [-0.3, -0.25) is 0 Å². The summed E-state index contributed by atoms with van der Waals surface area (Å²) in [6, 6.07) is 0.660. The summed E-state index contributed by atoms with van der Waals surface area (Å²) in [5.74, 6) is 1.30. The topological polar surface area (TPSA) is 15.3 Å². The van der Waals surface area contributed by atoms with E-state index in [1.165, 1.54) is 25.1 Å². The zero-order valence-electron chi connectivity index (χ0n) is 10.2. The second-order valence-corrected chi connectivity index (χ2v) is 5.01. The zero-order chi connectivity index (χ0) is 10.8. The average Bonchev–Trinajstić information content (AvgIpc) is 2.16. The lowest BCUT2D eigenvalue weighted by molar-refractivity contribution is 0.273. The third-order valence-electron chi connectivity index (χ3n) is 2.47. The van der Waals surface area contributed by atoms with Gasteiger partial charge >= 0.3 is 0 Å². The number of unbranched alkanes of at least 4 members (excludes halogenated alkanes) is 1. The van der Waals surface area contributed by atoms with Crippen molar-refractivity contribution in [2.24, 2.45) is 0 Å². The number of nitrogens with one attached hydrogen (secondary N) is 1. The van der Waals surface area contributed by atoms with Gasteiger partial charge in [0.25, 0.3) is 0 Å². The third kappa shape index (κ3) is 8.85. The standard InChI is InChI=1S/C11H26N2S/c1-11(2)13(3)9-8-12-7-5-6-10-14-4/h11-12H,5-10H2,1-4H3. The molecule has 0 aliphatic rings. The van der Waals surface area contributed by atoms with Gasteiger partial charge in [0.05, 0.1) is 0 Å². The summed E-state index contributed by atoms with van der Waals surface area (Å²) in [4.78, 5) is 2.37. The van der Waals surface area contributed by atoms with E-state index in [9.17, 15) is 0 Å². The second-order valence-electron chi connectivity index (χ2n) is 4.02. The maximum Gasteiger partial charge on any atom is 0.0106 e. The van der Waals surface area contributed by atoms with Crippen molar-refractivity contribution in [1.29, 1.82) is 0 Å². The molecule has 0 rings (SSSR count). The van der Waals surface area contributed by atoms with Crippen LogP contribution in [0.1, 0.15) is 26.7 Å². The van der Waals surface area contributed by atoms with E-state index in [2.05, 4.69) is 37.4 Å². The van der Waals surface area contributed by atoms with Gasteiger partial charge in [0.15, 0.2) is 0 Å². The molecule has 1 N–H and O–H groups in total. The molecule has 0 amide bonds. The maximum atomic E-state index is 3.48. The van der Waals surface area contributed by atoms with Crippen LogP contribution in [0.25, 0.3) is 0 Å². The van der Waals surface area contributed by atoms with Crippen molar-refractivity contribution in [2.45, 2.75) is 32.7 Å². The van der Waals surface area contributed by atoms with Crippen molar-refractivity contribution < 1.29 is 0 Å². The molecule has 0 aromatic rings. The largest absolute Gasteiger partial charge is 0.315 e. The van der Waals surface area contributed by atoms with E-state index in [4.69, 9.17) is 0 Å². The SMILES string of the molecule is CSCCCCNCCN(C)C(C)C. The molecule has 0 radical (unpaired) electrons. The van der Waals surface area contributed by atoms with Crippen molar-refractivity contribution in [3.05, 3.63) is 0 Å². The predicted octanol–water partition coefficient (Wildman–Crippen LogP) is 2.06. The Morgan fingerprint density at radius 3 is 2.50 bits per heavy atom. The number of likely N-dealkylation sites (N-methyl/N-ethyl adjacent to an activating group) is 1. The van der Waals surface area contributed by atoms with Gasteiger partial charge in [-0.2, -0.15) is 11.8 Å². The number of hydrogen-bond donors (Lipinski definition) is 1. The van der Waals surface area contributed by atoms with Crippen LogP contribution in [0.3, 0.4) is 0 Å². The Morgan fingerprint density at radius 2 is 1.93 bits per heavy atom. The molecule has 14 heavy (non-hydrogen) atoms. The molecule has 0 aliphatic heterocycles. The Bertz CT molecular complexity index is 118. The minimum Gasteiger partial charge on any atom is -0.315 e. The zero-order valence-corrected chi connectivity index (χ0v) is 11.0. The second kappa shape index (κ2) is 9.81. The first-order valence-electron chi connectivity index (χ1n) is 5.58. The van der Waals surface area contributed by atoms with Crippen LogP contribution in [-0.4, -0.2) is 49.6 Å². The van der Waals surface area contributed by atoms with Crippen LogP contribution >= 0.6 is 11.8 Å². The molecule has 86 valence electrons. The Morgan fingerprint density at radius 1 is 1.21 bits per heavy atom. The monoisotopic (exact) mass is 218 g/mol. The molecule has 0 fully saturated rings. The van der Waals surface area contributed by atoms with Crippen LogP contribution in [-0.2, 0) is 0 Å². The highest BCUT2D eigenvalue weighted by Gasteiger charge is 2.00. The first kappa shape index (κ1) is 14.3. The molecule has 0 spiro atoms. The minimum absolute atomic E-state index is 0.660. The highest BCUT2D eigenvalue weighted by Crippen LogP contribution is 1.97. The van der Waals surface area contributed by atoms with Gasteiger partial charge in [0.2, 0.25) is 0 Å². The van der Waals surface area contributed by atoms with Crippen molar-refractivity contribution >= 4 is 11.8 Å². The van der Waals surface area contributed by atoms with Gasteiger partial charge in [-0.05, 0) is 52.3 Å². The molecule has 0 heterocycles. The number of thioether (sulfide) groups is 1. The maximum absolute atomic E-state index is 3.48. The molecule has 0 aromatic carbocycles. The van der Waals surface area contributed by atoms with E-state index in [0.29, 0.717) is 6.04 Å². The number of nitrogens with zero attached hydrogens (tertiary/aromatic N) is 1. The normalized spacial score (nSPS) is 11.6. The van der Waals surface area contributed by atoms with Crippen LogP contribution in [0.2, 0.25) is 0 Å². The lowest BCUT2D eigenvalue weighted by atomic mass is 10.3. The fourth-order valence-corrected chi connectivity index (χ4v) is 1.63. The van der Waals surface area contributed by atoms with Crippen LogP contribution in [0.5, 0.6) is 0 Å². The lowest BCUT2D eigenvalue weighted by Crippen LogP contribution is -2.34. The lowest BCUT2D eigenvalue weighted by Gasteiger charge is -2.20. The molecule has 3 heteroatoms.